The molecule has 0 aliphatic carbocycles. The maximum atomic E-state index is 8.20. The molecule has 0 aromatic rings. The topological polar surface area (TPSA) is 23.8 Å². The summed E-state index contributed by atoms with van der Waals surface area (Å²) in [6.45, 7) is 2.23. The van der Waals surface area contributed by atoms with Crippen LogP contribution in [0.1, 0.15) is 51.9 Å². The van der Waals surface area contributed by atoms with Crippen LogP contribution in [0, 0.1) is 17.8 Å². The van der Waals surface area contributed by atoms with E-state index in [1.165, 1.54) is 38.5 Å². The summed E-state index contributed by atoms with van der Waals surface area (Å²) in [5, 5.41) is 8.20. The molecule has 0 saturated heterocycles. The lowest BCUT2D eigenvalue weighted by atomic mass is 10.1. The van der Waals surface area contributed by atoms with Gasteiger partial charge in [0.25, 0.3) is 0 Å². The Morgan fingerprint density at radius 2 is 1.73 bits per heavy atom. The maximum absolute atomic E-state index is 8.20. The molecule has 0 aliphatic rings. The highest BCUT2D eigenvalue weighted by Crippen LogP contribution is 2.07. The third-order valence-electron chi connectivity index (χ3n) is 1.79. The van der Waals surface area contributed by atoms with Gasteiger partial charge in [-0.25, -0.2) is 0 Å². The molecule has 1 nitrogen and oxygen atoms in total. The van der Waals surface area contributed by atoms with Gasteiger partial charge in [-0.2, -0.15) is 5.26 Å². The molecule has 0 fully saturated rings. The second kappa shape index (κ2) is 9.49. The van der Waals surface area contributed by atoms with Crippen molar-refractivity contribution in [3.05, 3.63) is 6.42 Å². The van der Waals surface area contributed by atoms with Gasteiger partial charge in [-0.1, -0.05) is 45.4 Å². The molecule has 1 heteroatoms. The van der Waals surface area contributed by atoms with Crippen molar-refractivity contribution in [2.45, 2.75) is 51.9 Å². The minimum atomic E-state index is 0.975. The van der Waals surface area contributed by atoms with E-state index in [4.69, 9.17) is 5.26 Å². The Morgan fingerprint density at radius 1 is 1.09 bits per heavy atom. The van der Waals surface area contributed by atoms with E-state index in [1.54, 1.807) is 6.42 Å². The van der Waals surface area contributed by atoms with Crippen LogP contribution in [0.15, 0.2) is 0 Å². The van der Waals surface area contributed by atoms with Crippen molar-refractivity contribution in [2.24, 2.45) is 0 Å². The van der Waals surface area contributed by atoms with Crippen LogP contribution in [0.3, 0.4) is 0 Å². The summed E-state index contributed by atoms with van der Waals surface area (Å²) in [6.07, 6.45) is 10.5. The fourth-order valence-electron chi connectivity index (χ4n) is 1.09. The molecule has 1 radical (unpaired) electrons. The van der Waals surface area contributed by atoms with Gasteiger partial charge >= 0.3 is 0 Å². The average Bonchev–Trinajstić information content (AvgIpc) is 2.03. The number of unbranched alkanes of at least 4 members (excludes halogenated alkanes) is 7. The van der Waals surface area contributed by atoms with Crippen molar-refractivity contribution in [1.82, 2.24) is 0 Å². The van der Waals surface area contributed by atoms with Crippen molar-refractivity contribution < 1.29 is 0 Å². The van der Waals surface area contributed by atoms with E-state index in [1.807, 2.05) is 6.07 Å². The van der Waals surface area contributed by atoms with Crippen LogP contribution in [-0.4, -0.2) is 0 Å². The zero-order valence-electron chi connectivity index (χ0n) is 7.47. The molecule has 0 saturated carbocycles. The Morgan fingerprint density at radius 3 is 2.36 bits per heavy atom. The Balaban J connectivity index is 2.75. The van der Waals surface area contributed by atoms with Gasteiger partial charge in [0.15, 0.2) is 0 Å². The molecule has 0 atom stereocenters. The minimum Gasteiger partial charge on any atom is -0.198 e. The number of nitrogens with zero attached hydrogens (tertiary/aromatic N) is 1. The van der Waals surface area contributed by atoms with E-state index in [9.17, 15) is 0 Å². The van der Waals surface area contributed by atoms with Gasteiger partial charge in [0, 0.05) is 0 Å². The van der Waals surface area contributed by atoms with Crippen LogP contribution in [0.25, 0.3) is 0 Å². The first-order chi connectivity index (χ1) is 5.41. The van der Waals surface area contributed by atoms with E-state index in [0.717, 1.165) is 6.42 Å². The first-order valence-corrected chi connectivity index (χ1v) is 4.63. The molecule has 0 amide bonds. The zero-order chi connectivity index (χ0) is 8.36. The second-order valence-electron chi connectivity index (χ2n) is 2.89. The molecule has 11 heavy (non-hydrogen) atoms. The molecule has 0 bridgehead atoms. The number of hydrogen-bond acceptors (Lipinski definition) is 1. The maximum Gasteiger partial charge on any atom is 0.0669 e. The van der Waals surface area contributed by atoms with Crippen molar-refractivity contribution in [1.29, 1.82) is 5.26 Å². The summed E-state index contributed by atoms with van der Waals surface area (Å²) >= 11 is 0. The van der Waals surface area contributed by atoms with Crippen molar-refractivity contribution in [2.75, 3.05) is 0 Å². The van der Waals surface area contributed by atoms with Gasteiger partial charge in [-0.05, 0) is 6.42 Å². The van der Waals surface area contributed by atoms with Crippen molar-refractivity contribution in [3.8, 4) is 6.07 Å². The molecular formula is C10H18N. The van der Waals surface area contributed by atoms with Crippen molar-refractivity contribution >= 4 is 0 Å². The molecule has 0 aromatic carbocycles. The summed E-state index contributed by atoms with van der Waals surface area (Å²) in [4.78, 5) is 0. The van der Waals surface area contributed by atoms with Gasteiger partial charge < -0.3 is 0 Å². The predicted octanol–water partition coefficient (Wildman–Crippen LogP) is 3.46. The fraction of sp³-hybridized carbons (Fsp3) is 0.800. The van der Waals surface area contributed by atoms with Gasteiger partial charge in [0.05, 0.1) is 12.5 Å². The SMILES string of the molecule is CCCCCCCC[CH]C#N. The Bertz CT molecular complexity index is 102. The minimum absolute atomic E-state index is 0.975. The lowest BCUT2D eigenvalue weighted by Gasteiger charge is -1.97. The summed E-state index contributed by atoms with van der Waals surface area (Å²) in [5.74, 6) is 0. The molecular weight excluding hydrogens is 134 g/mol. The van der Waals surface area contributed by atoms with Crippen LogP contribution in [0.4, 0.5) is 0 Å². The molecule has 0 aliphatic heterocycles. The second-order valence-corrected chi connectivity index (χ2v) is 2.89. The first kappa shape index (κ1) is 10.5. The van der Waals surface area contributed by atoms with Gasteiger partial charge in [0.1, 0.15) is 0 Å². The average molecular weight is 152 g/mol. The normalized spacial score (nSPS) is 9.45. The molecule has 0 N–H and O–H groups in total. The Kier molecular flexibility index (Phi) is 9.05. The summed E-state index contributed by atoms with van der Waals surface area (Å²) in [5.41, 5.74) is 0. The Hall–Kier alpha value is -0.510. The molecule has 0 heterocycles. The predicted molar refractivity (Wildman–Crippen MR) is 47.9 cm³/mol. The van der Waals surface area contributed by atoms with Gasteiger partial charge in [0.2, 0.25) is 0 Å². The molecule has 0 spiro atoms. The van der Waals surface area contributed by atoms with E-state index < -0.39 is 0 Å². The van der Waals surface area contributed by atoms with E-state index in [2.05, 4.69) is 6.92 Å². The highest BCUT2D eigenvalue weighted by molar-refractivity contribution is 4.90. The number of rotatable bonds is 7. The monoisotopic (exact) mass is 152 g/mol. The van der Waals surface area contributed by atoms with Crippen LogP contribution in [0.5, 0.6) is 0 Å². The zero-order valence-corrected chi connectivity index (χ0v) is 7.47. The van der Waals surface area contributed by atoms with E-state index in [0.29, 0.717) is 0 Å². The van der Waals surface area contributed by atoms with Crippen LogP contribution < -0.4 is 0 Å². The van der Waals surface area contributed by atoms with Crippen molar-refractivity contribution in [3.63, 3.8) is 0 Å². The molecule has 0 unspecified atom stereocenters. The lowest BCUT2D eigenvalue weighted by molar-refractivity contribution is 0.608. The van der Waals surface area contributed by atoms with Crippen LogP contribution in [0.2, 0.25) is 0 Å². The third-order valence-corrected chi connectivity index (χ3v) is 1.79. The number of hydrogen-bond donors (Lipinski definition) is 0. The number of nitriles is 1. The van der Waals surface area contributed by atoms with Gasteiger partial charge in [-0.3, -0.25) is 0 Å². The summed E-state index contributed by atoms with van der Waals surface area (Å²) in [6, 6.07) is 2.04. The lowest BCUT2D eigenvalue weighted by Crippen LogP contribution is -1.79. The first-order valence-electron chi connectivity index (χ1n) is 4.63. The quantitative estimate of drug-likeness (QED) is 0.512. The summed E-state index contributed by atoms with van der Waals surface area (Å²) < 4.78 is 0. The molecule has 63 valence electrons. The largest absolute Gasteiger partial charge is 0.198 e. The standard InChI is InChI=1S/C10H18N/c1-2-3-4-5-6-7-8-9-10-11/h9H,2-8H2,1H3. The van der Waals surface area contributed by atoms with Crippen LogP contribution >= 0.6 is 0 Å². The van der Waals surface area contributed by atoms with Crippen LogP contribution in [-0.2, 0) is 0 Å². The highest BCUT2D eigenvalue weighted by atomic mass is 14.2. The fourth-order valence-corrected chi connectivity index (χ4v) is 1.09. The van der Waals surface area contributed by atoms with E-state index >= 15 is 0 Å². The highest BCUT2D eigenvalue weighted by Gasteiger charge is 1.89. The Labute approximate surface area is 70.4 Å². The molecule has 0 aromatic heterocycles. The third kappa shape index (κ3) is 9.49. The van der Waals surface area contributed by atoms with E-state index in [-0.39, 0.29) is 0 Å². The van der Waals surface area contributed by atoms with Gasteiger partial charge in [-0.15, -0.1) is 0 Å². The smallest absolute Gasteiger partial charge is 0.0669 e. The molecule has 0 rings (SSSR count). The summed E-state index contributed by atoms with van der Waals surface area (Å²) in [7, 11) is 0.